The van der Waals surface area contributed by atoms with E-state index in [9.17, 15) is 13.2 Å². The van der Waals surface area contributed by atoms with Gasteiger partial charge in [0.05, 0.1) is 35.1 Å². The zero-order valence-electron chi connectivity index (χ0n) is 18.4. The molecule has 3 heterocycles. The minimum absolute atomic E-state index is 0.148. The van der Waals surface area contributed by atoms with Gasteiger partial charge in [-0.1, -0.05) is 12.1 Å². The van der Waals surface area contributed by atoms with E-state index in [1.54, 1.807) is 24.3 Å². The van der Waals surface area contributed by atoms with Crippen molar-refractivity contribution in [2.75, 3.05) is 39.4 Å². The highest BCUT2D eigenvalue weighted by molar-refractivity contribution is 7.89. The Morgan fingerprint density at radius 1 is 1.00 bits per heavy atom. The van der Waals surface area contributed by atoms with Crippen molar-refractivity contribution in [2.45, 2.75) is 24.3 Å². The van der Waals surface area contributed by atoms with Gasteiger partial charge in [-0.2, -0.15) is 4.31 Å². The number of ether oxygens (including phenoxy) is 2. The minimum atomic E-state index is -3.66. The molecular formula is C23H26N4O5S. The number of H-pyrrole nitrogens is 1. The van der Waals surface area contributed by atoms with E-state index < -0.39 is 10.0 Å². The van der Waals surface area contributed by atoms with Gasteiger partial charge < -0.3 is 14.5 Å². The van der Waals surface area contributed by atoms with Crippen LogP contribution in [0.15, 0.2) is 52.2 Å². The molecule has 0 saturated carbocycles. The number of sulfonamides is 1. The average Bonchev–Trinajstić information content (AvgIpc) is 3.08. The highest BCUT2D eigenvalue weighted by Gasteiger charge is 2.32. The number of piperazine rings is 1. The summed E-state index contributed by atoms with van der Waals surface area (Å²) in [6, 6.07) is 11.9. The van der Waals surface area contributed by atoms with Gasteiger partial charge in [0.15, 0.2) is 11.5 Å². The van der Waals surface area contributed by atoms with E-state index in [2.05, 4.69) is 14.9 Å². The van der Waals surface area contributed by atoms with Crippen LogP contribution in [0.2, 0.25) is 0 Å². The Labute approximate surface area is 192 Å². The molecule has 9 nitrogen and oxygen atoms in total. The Bertz CT molecular complexity index is 1330. The molecular weight excluding hydrogens is 444 g/mol. The molecule has 1 fully saturated rings. The van der Waals surface area contributed by atoms with E-state index in [0.717, 1.165) is 6.42 Å². The third-order valence-electron chi connectivity index (χ3n) is 6.20. The zero-order valence-corrected chi connectivity index (χ0v) is 19.2. The summed E-state index contributed by atoms with van der Waals surface area (Å²) >= 11 is 0. The van der Waals surface area contributed by atoms with E-state index in [0.29, 0.717) is 67.6 Å². The molecule has 33 heavy (non-hydrogen) atoms. The Hall–Kier alpha value is -2.95. The highest BCUT2D eigenvalue weighted by Crippen LogP contribution is 2.33. The first kappa shape index (κ1) is 21.9. The van der Waals surface area contributed by atoms with E-state index in [4.69, 9.17) is 9.47 Å². The third-order valence-corrected chi connectivity index (χ3v) is 8.10. The topological polar surface area (TPSA) is 105 Å². The predicted molar refractivity (Wildman–Crippen MR) is 123 cm³/mol. The second-order valence-corrected chi connectivity index (χ2v) is 10.2. The second-order valence-electron chi connectivity index (χ2n) is 8.24. The van der Waals surface area contributed by atoms with Crippen LogP contribution in [0.4, 0.5) is 0 Å². The van der Waals surface area contributed by atoms with Crippen LogP contribution >= 0.6 is 0 Å². The Kier molecular flexibility index (Phi) is 5.81. The van der Waals surface area contributed by atoms with Gasteiger partial charge in [0.2, 0.25) is 10.0 Å². The molecule has 2 aromatic carbocycles. The number of fused-ring (bicyclic) bond motifs is 2. The van der Waals surface area contributed by atoms with Gasteiger partial charge in [-0.25, -0.2) is 13.4 Å². The maximum atomic E-state index is 13.2. The standard InChI is InChI=1S/C23H26N4O5S/c1-16(22-24-19-6-3-2-5-18(19)23(28)25-22)26-9-11-27(12-10-26)33(29,30)17-7-8-20-21(15-17)32-14-4-13-31-20/h2-3,5-8,15-16H,4,9-14H2,1H3,(H,24,25,28). The first-order chi connectivity index (χ1) is 15.9. The lowest BCUT2D eigenvalue weighted by Gasteiger charge is -2.37. The average molecular weight is 471 g/mol. The summed E-state index contributed by atoms with van der Waals surface area (Å²) in [6.45, 7) is 4.77. The molecule has 1 N–H and O–H groups in total. The van der Waals surface area contributed by atoms with Gasteiger partial charge in [-0.3, -0.25) is 9.69 Å². The summed E-state index contributed by atoms with van der Waals surface area (Å²) < 4.78 is 39.3. The lowest BCUT2D eigenvalue weighted by molar-refractivity contribution is 0.141. The van der Waals surface area contributed by atoms with Crippen molar-refractivity contribution in [2.24, 2.45) is 0 Å². The van der Waals surface area contributed by atoms with E-state index in [-0.39, 0.29) is 16.5 Å². The number of aromatic amines is 1. The van der Waals surface area contributed by atoms with Crippen LogP contribution in [-0.2, 0) is 10.0 Å². The molecule has 3 aromatic rings. The van der Waals surface area contributed by atoms with Gasteiger partial charge >= 0.3 is 0 Å². The van der Waals surface area contributed by atoms with Crippen LogP contribution in [0.25, 0.3) is 10.9 Å². The maximum Gasteiger partial charge on any atom is 0.258 e. The molecule has 5 rings (SSSR count). The largest absolute Gasteiger partial charge is 0.490 e. The van der Waals surface area contributed by atoms with Crippen LogP contribution < -0.4 is 15.0 Å². The van der Waals surface area contributed by atoms with E-state index in [1.165, 1.54) is 4.31 Å². The summed E-state index contributed by atoms with van der Waals surface area (Å²) in [5, 5.41) is 0.555. The second kappa shape index (κ2) is 8.77. The number of nitrogens with zero attached hydrogens (tertiary/aromatic N) is 3. The quantitative estimate of drug-likeness (QED) is 0.623. The lowest BCUT2D eigenvalue weighted by atomic mass is 10.2. The number of aromatic nitrogens is 2. The van der Waals surface area contributed by atoms with Gasteiger partial charge in [0.1, 0.15) is 5.82 Å². The molecule has 2 aliphatic rings. The van der Waals surface area contributed by atoms with Gasteiger partial charge in [0, 0.05) is 38.7 Å². The van der Waals surface area contributed by atoms with Crippen LogP contribution in [0.1, 0.15) is 25.2 Å². The first-order valence-electron chi connectivity index (χ1n) is 11.1. The van der Waals surface area contributed by atoms with Crippen LogP contribution in [-0.4, -0.2) is 67.0 Å². The lowest BCUT2D eigenvalue weighted by Crippen LogP contribution is -2.49. The number of nitrogens with one attached hydrogen (secondary N) is 1. The third kappa shape index (κ3) is 4.21. The maximum absolute atomic E-state index is 13.2. The van der Waals surface area contributed by atoms with Crippen LogP contribution in [0, 0.1) is 0 Å². The van der Waals surface area contributed by atoms with Crippen molar-refractivity contribution in [3.8, 4) is 11.5 Å². The number of hydrogen-bond acceptors (Lipinski definition) is 7. The van der Waals surface area contributed by atoms with Crippen LogP contribution in [0.3, 0.4) is 0 Å². The number of benzene rings is 2. The molecule has 174 valence electrons. The molecule has 2 aliphatic heterocycles. The molecule has 1 atom stereocenters. The van der Waals surface area contributed by atoms with E-state index >= 15 is 0 Å². The Morgan fingerprint density at radius 3 is 2.52 bits per heavy atom. The molecule has 0 spiro atoms. The van der Waals surface area contributed by atoms with Crippen molar-refractivity contribution in [1.82, 2.24) is 19.2 Å². The number of para-hydroxylation sites is 1. The SMILES string of the molecule is CC(c1nc2ccccc2c(=O)[nH]1)N1CCN(S(=O)(=O)c2ccc3c(c2)OCCCO3)CC1. The smallest absolute Gasteiger partial charge is 0.258 e. The van der Waals surface area contributed by atoms with E-state index in [1.807, 2.05) is 25.1 Å². The van der Waals surface area contributed by atoms with Gasteiger partial charge in [-0.05, 0) is 31.2 Å². The molecule has 0 amide bonds. The van der Waals surface area contributed by atoms with Crippen molar-refractivity contribution in [3.63, 3.8) is 0 Å². The Morgan fingerprint density at radius 2 is 1.73 bits per heavy atom. The Balaban J connectivity index is 1.30. The fraction of sp³-hybridized carbons (Fsp3) is 0.391. The normalized spacial score (nSPS) is 18.7. The predicted octanol–water partition coefficient (Wildman–Crippen LogP) is 2.15. The van der Waals surface area contributed by atoms with Crippen molar-refractivity contribution in [3.05, 3.63) is 58.6 Å². The van der Waals surface area contributed by atoms with Gasteiger partial charge in [0.25, 0.3) is 5.56 Å². The summed E-state index contributed by atoms with van der Waals surface area (Å²) in [5.41, 5.74) is 0.483. The molecule has 1 saturated heterocycles. The summed E-state index contributed by atoms with van der Waals surface area (Å²) in [7, 11) is -3.66. The van der Waals surface area contributed by atoms with Crippen molar-refractivity contribution >= 4 is 20.9 Å². The van der Waals surface area contributed by atoms with Gasteiger partial charge in [-0.15, -0.1) is 0 Å². The first-order valence-corrected chi connectivity index (χ1v) is 12.5. The molecule has 0 bridgehead atoms. The van der Waals surface area contributed by atoms with Crippen molar-refractivity contribution < 1.29 is 17.9 Å². The zero-order chi connectivity index (χ0) is 23.0. The summed E-state index contributed by atoms with van der Waals surface area (Å²) in [5.74, 6) is 1.62. The summed E-state index contributed by atoms with van der Waals surface area (Å²) in [6.07, 6.45) is 0.758. The minimum Gasteiger partial charge on any atom is -0.490 e. The molecule has 10 heteroatoms. The highest BCUT2D eigenvalue weighted by atomic mass is 32.2. The molecule has 1 aromatic heterocycles. The fourth-order valence-electron chi connectivity index (χ4n) is 4.26. The summed E-state index contributed by atoms with van der Waals surface area (Å²) in [4.78, 5) is 22.3. The monoisotopic (exact) mass is 470 g/mol. The number of rotatable bonds is 4. The molecule has 0 radical (unpaired) electrons. The fourth-order valence-corrected chi connectivity index (χ4v) is 5.70. The molecule has 1 unspecified atom stereocenters. The van der Waals surface area contributed by atoms with Crippen LogP contribution in [0.5, 0.6) is 11.5 Å². The molecule has 0 aliphatic carbocycles. The van der Waals surface area contributed by atoms with Crippen molar-refractivity contribution in [1.29, 1.82) is 0 Å². The number of hydrogen-bond donors (Lipinski definition) is 1.